The van der Waals surface area contributed by atoms with Crippen LogP contribution in [0.3, 0.4) is 0 Å². The Kier molecular flexibility index (Phi) is 6.26. The number of aryl methyl sites for hydroxylation is 1. The molecular weight excluding hydrogens is 502 g/mol. The van der Waals surface area contributed by atoms with Crippen LogP contribution >= 0.6 is 0 Å². The molecule has 1 aliphatic carbocycles. The van der Waals surface area contributed by atoms with Gasteiger partial charge in [-0.3, -0.25) is 24.6 Å². The maximum Gasteiger partial charge on any atom is 0.255 e. The first-order valence-corrected chi connectivity index (χ1v) is 14.8. The number of aromatic nitrogens is 2. The Bertz CT molecular complexity index is 1530. The van der Waals surface area contributed by atoms with Crippen molar-refractivity contribution in [2.45, 2.75) is 64.6 Å². The summed E-state index contributed by atoms with van der Waals surface area (Å²) in [6.45, 7) is 5.96. The first-order chi connectivity index (χ1) is 19.4. The number of amides is 3. The van der Waals surface area contributed by atoms with Crippen LogP contribution in [0.1, 0.15) is 66.9 Å². The third kappa shape index (κ3) is 4.24. The fourth-order valence-electron chi connectivity index (χ4n) is 7.67. The number of hydrogen-bond acceptors (Lipinski definition) is 5. The molecule has 4 unspecified atom stereocenters. The highest BCUT2D eigenvalue weighted by molar-refractivity contribution is 6.05. The van der Waals surface area contributed by atoms with E-state index in [0.29, 0.717) is 18.5 Å². The molecule has 1 aromatic carbocycles. The lowest BCUT2D eigenvalue weighted by atomic mass is 9.63. The summed E-state index contributed by atoms with van der Waals surface area (Å²) in [5, 5.41) is 3.58. The molecule has 8 nitrogen and oxygen atoms in total. The summed E-state index contributed by atoms with van der Waals surface area (Å²) in [5.74, 6) is 1.78. The van der Waals surface area contributed by atoms with Gasteiger partial charge in [-0.1, -0.05) is 19.4 Å². The van der Waals surface area contributed by atoms with Crippen molar-refractivity contribution in [3.63, 3.8) is 0 Å². The average molecular weight is 540 g/mol. The molecule has 5 heterocycles. The predicted molar refractivity (Wildman–Crippen MR) is 152 cm³/mol. The van der Waals surface area contributed by atoms with Gasteiger partial charge < -0.3 is 9.47 Å². The Balaban J connectivity index is 1.18. The molecule has 7 rings (SSSR count). The molecule has 4 atom stereocenters. The summed E-state index contributed by atoms with van der Waals surface area (Å²) < 4.78 is 2.09. The smallest absolute Gasteiger partial charge is 0.255 e. The van der Waals surface area contributed by atoms with E-state index in [2.05, 4.69) is 46.1 Å². The molecule has 208 valence electrons. The van der Waals surface area contributed by atoms with Gasteiger partial charge in [0.1, 0.15) is 11.7 Å². The zero-order chi connectivity index (χ0) is 27.5. The van der Waals surface area contributed by atoms with Crippen LogP contribution in [0.15, 0.2) is 36.5 Å². The second kappa shape index (κ2) is 9.84. The van der Waals surface area contributed by atoms with Crippen LogP contribution in [0.5, 0.6) is 0 Å². The van der Waals surface area contributed by atoms with E-state index >= 15 is 0 Å². The molecule has 2 saturated heterocycles. The molecule has 3 aliphatic heterocycles. The Morgan fingerprint density at radius 2 is 1.93 bits per heavy atom. The van der Waals surface area contributed by atoms with Crippen LogP contribution < -0.4 is 5.32 Å². The Labute approximate surface area is 234 Å². The standard InChI is InChI=1S/C32H37N5O3/c1-3-4-20-15-36(16-21-6-7-24(20)21)17-23-14-27(33-30-25(23)11-12-35(30)2)19-5-8-26-22(13-19)18-37(32(26)40)28-9-10-29(38)34-31(28)39/h5,8,11-14,20-21,24,28H,3-4,6-7,9-10,15-18H2,1-2H3,(H,34,38,39). The molecule has 1 saturated carbocycles. The number of rotatable bonds is 6. The first kappa shape index (κ1) is 25.4. The molecule has 8 heteroatoms. The van der Waals surface area contributed by atoms with E-state index in [9.17, 15) is 14.4 Å². The van der Waals surface area contributed by atoms with Crippen molar-refractivity contribution >= 4 is 28.8 Å². The fourth-order valence-corrected chi connectivity index (χ4v) is 7.67. The minimum absolute atomic E-state index is 0.149. The molecule has 3 amide bonds. The number of likely N-dealkylation sites (tertiary alicyclic amines) is 1. The normalized spacial score (nSPS) is 26.6. The van der Waals surface area contributed by atoms with Crippen molar-refractivity contribution in [2.75, 3.05) is 13.1 Å². The summed E-state index contributed by atoms with van der Waals surface area (Å²) in [6, 6.07) is 9.70. The second-order valence-electron chi connectivity index (χ2n) is 12.3. The third-order valence-electron chi connectivity index (χ3n) is 9.86. The topological polar surface area (TPSA) is 87.5 Å². The Morgan fingerprint density at radius 1 is 1.05 bits per heavy atom. The molecule has 0 spiro atoms. The second-order valence-corrected chi connectivity index (χ2v) is 12.3. The van der Waals surface area contributed by atoms with E-state index in [4.69, 9.17) is 4.98 Å². The summed E-state index contributed by atoms with van der Waals surface area (Å²) in [6.07, 6.45) is 8.06. The molecule has 40 heavy (non-hydrogen) atoms. The van der Waals surface area contributed by atoms with Crippen molar-refractivity contribution in [2.24, 2.45) is 24.8 Å². The highest BCUT2D eigenvalue weighted by atomic mass is 16.2. The monoisotopic (exact) mass is 539 g/mol. The summed E-state index contributed by atoms with van der Waals surface area (Å²) in [5.41, 5.74) is 5.68. The fraction of sp³-hybridized carbons (Fsp3) is 0.500. The molecule has 1 N–H and O–H groups in total. The van der Waals surface area contributed by atoms with Crippen molar-refractivity contribution in [3.8, 4) is 11.3 Å². The van der Waals surface area contributed by atoms with Gasteiger partial charge in [-0.05, 0) is 78.8 Å². The largest absolute Gasteiger partial charge is 0.336 e. The summed E-state index contributed by atoms with van der Waals surface area (Å²) >= 11 is 0. The van der Waals surface area contributed by atoms with Crippen LogP contribution in [0, 0.1) is 17.8 Å². The van der Waals surface area contributed by atoms with E-state index in [1.807, 2.05) is 19.2 Å². The van der Waals surface area contributed by atoms with Gasteiger partial charge in [-0.2, -0.15) is 0 Å². The van der Waals surface area contributed by atoms with Crippen LogP contribution in [-0.2, 0) is 29.7 Å². The highest BCUT2D eigenvalue weighted by Crippen LogP contribution is 2.46. The maximum atomic E-state index is 13.2. The number of piperidine rings is 2. The predicted octanol–water partition coefficient (Wildman–Crippen LogP) is 4.26. The number of benzene rings is 1. The molecular formula is C32H37N5O3. The van der Waals surface area contributed by atoms with Crippen LogP contribution in [0.25, 0.3) is 22.3 Å². The van der Waals surface area contributed by atoms with Gasteiger partial charge in [-0.15, -0.1) is 0 Å². The quantitative estimate of drug-likeness (QED) is 0.473. The first-order valence-electron chi connectivity index (χ1n) is 14.8. The molecule has 3 aromatic rings. The maximum absolute atomic E-state index is 13.2. The Morgan fingerprint density at radius 3 is 2.70 bits per heavy atom. The zero-order valence-electron chi connectivity index (χ0n) is 23.4. The minimum Gasteiger partial charge on any atom is -0.336 e. The van der Waals surface area contributed by atoms with Gasteiger partial charge in [0, 0.05) is 62.4 Å². The molecule has 2 aromatic heterocycles. The number of nitrogens with zero attached hydrogens (tertiary/aromatic N) is 4. The molecule has 4 aliphatic rings. The lowest BCUT2D eigenvalue weighted by molar-refractivity contribution is -0.136. The van der Waals surface area contributed by atoms with Gasteiger partial charge in [0.2, 0.25) is 11.8 Å². The number of carbonyl (C=O) groups excluding carboxylic acids is 3. The summed E-state index contributed by atoms with van der Waals surface area (Å²) in [7, 11) is 2.04. The lowest BCUT2D eigenvalue weighted by Crippen LogP contribution is -2.52. The van der Waals surface area contributed by atoms with Crippen molar-refractivity contribution in [3.05, 3.63) is 53.2 Å². The number of hydrogen-bond donors (Lipinski definition) is 1. The number of pyridine rings is 1. The number of carbonyl (C=O) groups is 3. The average Bonchev–Trinajstić information content (AvgIpc) is 3.45. The molecule has 0 radical (unpaired) electrons. The van der Waals surface area contributed by atoms with E-state index < -0.39 is 6.04 Å². The highest BCUT2D eigenvalue weighted by Gasteiger charge is 2.42. The van der Waals surface area contributed by atoms with Gasteiger partial charge in [0.05, 0.1) is 5.69 Å². The molecule has 3 fully saturated rings. The van der Waals surface area contributed by atoms with Gasteiger partial charge in [-0.25, -0.2) is 4.98 Å². The van der Waals surface area contributed by atoms with Gasteiger partial charge in [0.25, 0.3) is 5.91 Å². The van der Waals surface area contributed by atoms with Crippen LogP contribution in [0.2, 0.25) is 0 Å². The van der Waals surface area contributed by atoms with Crippen LogP contribution in [-0.4, -0.2) is 56.2 Å². The Hall–Kier alpha value is -3.52. The number of fused-ring (bicyclic) bond motifs is 3. The summed E-state index contributed by atoms with van der Waals surface area (Å²) in [4.78, 5) is 46.6. The van der Waals surface area contributed by atoms with Crippen molar-refractivity contribution in [1.82, 2.24) is 24.7 Å². The van der Waals surface area contributed by atoms with E-state index in [-0.39, 0.29) is 24.1 Å². The van der Waals surface area contributed by atoms with Gasteiger partial charge >= 0.3 is 0 Å². The van der Waals surface area contributed by atoms with Crippen molar-refractivity contribution < 1.29 is 14.4 Å². The van der Waals surface area contributed by atoms with Crippen LogP contribution in [0.4, 0.5) is 0 Å². The molecule has 0 bridgehead atoms. The zero-order valence-corrected chi connectivity index (χ0v) is 23.4. The lowest BCUT2D eigenvalue weighted by Gasteiger charge is -2.50. The van der Waals surface area contributed by atoms with E-state index in [0.717, 1.165) is 46.8 Å². The SMILES string of the molecule is CCCC1CN(Cc2cc(-c3ccc4c(c3)CN(C3CCC(=O)NC3=O)C4=O)nc3c2ccn3C)CC2CCC12. The number of nitrogens with one attached hydrogen (secondary N) is 1. The van der Waals surface area contributed by atoms with Crippen molar-refractivity contribution in [1.29, 1.82) is 0 Å². The van der Waals surface area contributed by atoms with E-state index in [1.165, 1.54) is 49.7 Å². The van der Waals surface area contributed by atoms with Gasteiger partial charge in [0.15, 0.2) is 0 Å². The number of imide groups is 1. The minimum atomic E-state index is -0.609. The third-order valence-corrected chi connectivity index (χ3v) is 9.86. The van der Waals surface area contributed by atoms with E-state index in [1.54, 1.807) is 4.90 Å².